The summed E-state index contributed by atoms with van der Waals surface area (Å²) in [5.74, 6) is 0.721. The van der Waals surface area contributed by atoms with Crippen LogP contribution in [0.1, 0.15) is 35.3 Å². The van der Waals surface area contributed by atoms with Gasteiger partial charge in [0.25, 0.3) is 0 Å². The third-order valence-electron chi connectivity index (χ3n) is 4.76. The van der Waals surface area contributed by atoms with Gasteiger partial charge in [0.05, 0.1) is 12.0 Å². The highest BCUT2D eigenvalue weighted by Gasteiger charge is 2.28. The molecule has 0 bridgehead atoms. The monoisotopic (exact) mass is 374 g/mol. The number of methoxy groups -OCH3 is 1. The van der Waals surface area contributed by atoms with Crippen molar-refractivity contribution in [3.05, 3.63) is 53.1 Å². The fourth-order valence-electron chi connectivity index (χ4n) is 3.39. The van der Waals surface area contributed by atoms with E-state index in [1.54, 1.807) is 31.4 Å². The molecule has 0 fully saturated rings. The molecule has 3 rings (SSSR count). The predicted molar refractivity (Wildman–Crippen MR) is 100 cm³/mol. The number of anilines is 1. The number of ether oxygens (including phenoxy) is 1. The summed E-state index contributed by atoms with van der Waals surface area (Å²) >= 11 is 0. The van der Waals surface area contributed by atoms with Gasteiger partial charge in [0, 0.05) is 29.4 Å². The Morgan fingerprint density at radius 2 is 2.00 bits per heavy atom. The van der Waals surface area contributed by atoms with Crippen LogP contribution in [-0.4, -0.2) is 27.4 Å². The van der Waals surface area contributed by atoms with E-state index < -0.39 is 10.0 Å². The number of ketones is 1. The van der Waals surface area contributed by atoms with Crippen molar-refractivity contribution in [3.63, 3.8) is 0 Å². The largest absolute Gasteiger partial charge is 0.496 e. The summed E-state index contributed by atoms with van der Waals surface area (Å²) in [6, 6.07) is 10.6. The number of primary sulfonamides is 1. The van der Waals surface area contributed by atoms with Gasteiger partial charge in [-0.15, -0.1) is 0 Å². The quantitative estimate of drug-likeness (QED) is 0.812. The molecule has 0 amide bonds. The van der Waals surface area contributed by atoms with Crippen molar-refractivity contribution in [1.82, 2.24) is 0 Å². The molecule has 0 saturated heterocycles. The highest BCUT2D eigenvalue weighted by atomic mass is 32.2. The number of benzene rings is 2. The number of rotatable bonds is 5. The minimum Gasteiger partial charge on any atom is -0.496 e. The molecule has 138 valence electrons. The number of Topliss-reactive ketones (excluding diaryl/α,β-unsaturated/α-hetero) is 1. The van der Waals surface area contributed by atoms with Gasteiger partial charge in [-0.05, 0) is 62.2 Å². The van der Waals surface area contributed by atoms with Gasteiger partial charge in [0.2, 0.25) is 10.0 Å². The Morgan fingerprint density at radius 1 is 1.27 bits per heavy atom. The third kappa shape index (κ3) is 3.45. The first-order chi connectivity index (χ1) is 12.2. The van der Waals surface area contributed by atoms with Crippen molar-refractivity contribution in [1.29, 1.82) is 0 Å². The summed E-state index contributed by atoms with van der Waals surface area (Å²) in [6.45, 7) is 4.18. The fourth-order valence-corrected chi connectivity index (χ4v) is 3.96. The Balaban J connectivity index is 1.98. The van der Waals surface area contributed by atoms with Crippen LogP contribution in [-0.2, 0) is 23.0 Å². The first kappa shape index (κ1) is 18.4. The molecule has 0 aliphatic carbocycles. The van der Waals surface area contributed by atoms with Crippen LogP contribution in [0.5, 0.6) is 5.75 Å². The van der Waals surface area contributed by atoms with Crippen LogP contribution in [0.3, 0.4) is 0 Å². The van der Waals surface area contributed by atoms with Crippen molar-refractivity contribution < 1.29 is 17.9 Å². The summed E-state index contributed by atoms with van der Waals surface area (Å²) in [4.78, 5) is 14.0. The van der Waals surface area contributed by atoms with Crippen molar-refractivity contribution in [2.24, 2.45) is 5.14 Å². The Labute approximate surface area is 153 Å². The second-order valence-corrected chi connectivity index (χ2v) is 8.16. The molecule has 1 aliphatic heterocycles. The highest BCUT2D eigenvalue weighted by molar-refractivity contribution is 7.89. The summed E-state index contributed by atoms with van der Waals surface area (Å²) < 4.78 is 28.6. The Hall–Kier alpha value is -2.38. The summed E-state index contributed by atoms with van der Waals surface area (Å²) in [6.07, 6.45) is 0.730. The van der Waals surface area contributed by atoms with Crippen LogP contribution in [0.15, 0.2) is 41.3 Å². The first-order valence-corrected chi connectivity index (χ1v) is 9.85. The lowest BCUT2D eigenvalue weighted by Crippen LogP contribution is -2.28. The number of nitrogens with two attached hydrogens (primary N) is 1. The van der Waals surface area contributed by atoms with E-state index in [2.05, 4.69) is 11.8 Å². The van der Waals surface area contributed by atoms with Crippen LogP contribution in [0.4, 0.5) is 5.69 Å². The minimum absolute atomic E-state index is 0.00145. The van der Waals surface area contributed by atoms with Gasteiger partial charge in [-0.25, -0.2) is 13.6 Å². The maximum atomic E-state index is 11.7. The summed E-state index contributed by atoms with van der Waals surface area (Å²) in [5.41, 5.74) is 3.47. The van der Waals surface area contributed by atoms with Crippen molar-refractivity contribution in [2.75, 3.05) is 12.0 Å². The van der Waals surface area contributed by atoms with E-state index in [0.717, 1.165) is 29.0 Å². The van der Waals surface area contributed by atoms with Gasteiger partial charge >= 0.3 is 0 Å². The Morgan fingerprint density at radius 3 is 2.62 bits per heavy atom. The van der Waals surface area contributed by atoms with Gasteiger partial charge < -0.3 is 9.64 Å². The van der Waals surface area contributed by atoms with Gasteiger partial charge in [-0.3, -0.25) is 4.79 Å². The molecule has 7 heteroatoms. The molecule has 2 aromatic rings. The van der Waals surface area contributed by atoms with E-state index in [-0.39, 0.29) is 16.7 Å². The molecule has 2 aromatic carbocycles. The van der Waals surface area contributed by atoms with E-state index in [0.29, 0.717) is 12.1 Å². The van der Waals surface area contributed by atoms with Crippen LogP contribution < -0.4 is 14.8 Å². The molecule has 6 nitrogen and oxygen atoms in total. The topological polar surface area (TPSA) is 89.7 Å². The molecule has 26 heavy (non-hydrogen) atoms. The molecule has 2 N–H and O–H groups in total. The van der Waals surface area contributed by atoms with E-state index in [1.165, 1.54) is 13.0 Å². The Kier molecular flexibility index (Phi) is 4.77. The molecule has 1 heterocycles. The maximum Gasteiger partial charge on any atom is 0.238 e. The zero-order valence-electron chi connectivity index (χ0n) is 15.0. The van der Waals surface area contributed by atoms with E-state index in [9.17, 15) is 13.2 Å². The number of carbonyl (C=O) groups is 1. The van der Waals surface area contributed by atoms with E-state index in [1.807, 2.05) is 6.07 Å². The number of hydrogen-bond acceptors (Lipinski definition) is 5. The lowest BCUT2D eigenvalue weighted by atomic mass is 10.1. The van der Waals surface area contributed by atoms with Gasteiger partial charge in [-0.1, -0.05) is 0 Å². The average molecular weight is 374 g/mol. The number of sulfonamides is 1. The normalized spacial score (nSPS) is 16.5. The van der Waals surface area contributed by atoms with Crippen LogP contribution in [0.2, 0.25) is 0 Å². The van der Waals surface area contributed by atoms with Crippen molar-refractivity contribution >= 4 is 21.5 Å². The molecule has 0 unspecified atom stereocenters. The molecule has 0 spiro atoms. The molecule has 0 aromatic heterocycles. The van der Waals surface area contributed by atoms with Crippen LogP contribution in [0, 0.1) is 0 Å². The second-order valence-electron chi connectivity index (χ2n) is 6.60. The third-order valence-corrected chi connectivity index (χ3v) is 5.67. The zero-order valence-corrected chi connectivity index (χ0v) is 15.8. The summed E-state index contributed by atoms with van der Waals surface area (Å²) in [5, 5.41) is 5.24. The number of hydrogen-bond donors (Lipinski definition) is 1. The fraction of sp³-hybridized carbons (Fsp3) is 0.316. The molecular formula is C19H22N2O4S. The van der Waals surface area contributed by atoms with Gasteiger partial charge in [0.15, 0.2) is 5.78 Å². The van der Waals surface area contributed by atoms with E-state index >= 15 is 0 Å². The molecular weight excluding hydrogens is 352 g/mol. The van der Waals surface area contributed by atoms with Gasteiger partial charge in [0.1, 0.15) is 5.75 Å². The average Bonchev–Trinajstić information content (AvgIpc) is 2.89. The molecule has 0 radical (unpaired) electrons. The maximum absolute atomic E-state index is 11.7. The first-order valence-electron chi connectivity index (χ1n) is 8.31. The van der Waals surface area contributed by atoms with Crippen LogP contribution in [0.25, 0.3) is 0 Å². The lowest BCUT2D eigenvalue weighted by Gasteiger charge is -2.26. The standard InChI is InChI=1S/C19H22N2O4S/c1-12-8-15-10-17(26(20,23)24)5-6-18(15)21(12)11-16-9-14(13(2)22)4-7-19(16)25-3/h4-7,9-10,12H,8,11H2,1-3H3,(H2,20,23,24)/t12-/m0/s1. The van der Waals surface area contributed by atoms with Crippen LogP contribution >= 0.6 is 0 Å². The lowest BCUT2D eigenvalue weighted by molar-refractivity contribution is 0.101. The SMILES string of the molecule is COc1ccc(C(C)=O)cc1CN1c2ccc(S(N)(=O)=O)cc2C[C@@H]1C. The molecule has 0 saturated carbocycles. The smallest absolute Gasteiger partial charge is 0.238 e. The molecule has 1 atom stereocenters. The predicted octanol–water partition coefficient (Wildman–Crippen LogP) is 2.50. The molecule has 1 aliphatic rings. The zero-order chi connectivity index (χ0) is 19.1. The number of fused-ring (bicyclic) bond motifs is 1. The highest BCUT2D eigenvalue weighted by Crippen LogP contribution is 2.36. The summed E-state index contributed by atoms with van der Waals surface area (Å²) in [7, 11) is -2.12. The van der Waals surface area contributed by atoms with Crippen molar-refractivity contribution in [3.8, 4) is 5.75 Å². The van der Waals surface area contributed by atoms with Gasteiger partial charge in [-0.2, -0.15) is 0 Å². The minimum atomic E-state index is -3.72. The van der Waals surface area contributed by atoms with Crippen molar-refractivity contribution in [2.45, 2.75) is 37.8 Å². The number of nitrogens with zero attached hydrogens (tertiary/aromatic N) is 1. The second kappa shape index (κ2) is 6.74. The van der Waals surface area contributed by atoms with E-state index in [4.69, 9.17) is 9.88 Å². The Bertz CT molecular complexity index is 969. The number of carbonyl (C=O) groups excluding carboxylic acids is 1.